The van der Waals surface area contributed by atoms with Gasteiger partial charge in [-0.2, -0.15) is 5.10 Å². The minimum Gasteiger partial charge on any atom is -0.378 e. The SMILES string of the molecule is Cc1ccn(-c2ccc(N3CCCC(C(=O)N4CCOCC4)C3)nn2)n1. The van der Waals surface area contributed by atoms with Crippen LogP contribution in [0.2, 0.25) is 0 Å². The van der Waals surface area contributed by atoms with Gasteiger partial charge in [-0.1, -0.05) is 0 Å². The number of carbonyl (C=O) groups is 1. The Morgan fingerprint density at radius 2 is 1.88 bits per heavy atom. The largest absolute Gasteiger partial charge is 0.378 e. The molecule has 2 aromatic rings. The number of aromatic nitrogens is 4. The second-order valence-corrected chi connectivity index (χ2v) is 6.87. The van der Waals surface area contributed by atoms with E-state index in [0.717, 1.165) is 30.9 Å². The summed E-state index contributed by atoms with van der Waals surface area (Å²) in [4.78, 5) is 16.9. The van der Waals surface area contributed by atoms with Crippen LogP contribution >= 0.6 is 0 Å². The lowest BCUT2D eigenvalue weighted by Gasteiger charge is -2.36. The van der Waals surface area contributed by atoms with E-state index in [0.29, 0.717) is 38.7 Å². The molecule has 4 heterocycles. The van der Waals surface area contributed by atoms with E-state index in [1.807, 2.05) is 36.2 Å². The summed E-state index contributed by atoms with van der Waals surface area (Å²) in [5, 5.41) is 13.0. The number of carbonyl (C=O) groups excluding carboxylic acids is 1. The summed E-state index contributed by atoms with van der Waals surface area (Å²) >= 11 is 0. The molecule has 1 atom stereocenters. The van der Waals surface area contributed by atoms with Crippen LogP contribution in [0.1, 0.15) is 18.5 Å². The Bertz CT molecular complexity index is 753. The van der Waals surface area contributed by atoms with Gasteiger partial charge in [-0.3, -0.25) is 4.79 Å². The fourth-order valence-corrected chi connectivity index (χ4v) is 3.58. The summed E-state index contributed by atoms with van der Waals surface area (Å²) in [5.74, 6) is 1.78. The van der Waals surface area contributed by atoms with Crippen molar-refractivity contribution in [1.29, 1.82) is 0 Å². The molecule has 0 aromatic carbocycles. The van der Waals surface area contributed by atoms with Crippen molar-refractivity contribution >= 4 is 11.7 Å². The quantitative estimate of drug-likeness (QED) is 0.818. The maximum absolute atomic E-state index is 12.8. The van der Waals surface area contributed by atoms with Gasteiger partial charge in [-0.05, 0) is 38.0 Å². The molecule has 0 aliphatic carbocycles. The monoisotopic (exact) mass is 356 g/mol. The summed E-state index contributed by atoms with van der Waals surface area (Å²) in [7, 11) is 0. The van der Waals surface area contributed by atoms with Crippen LogP contribution in [-0.2, 0) is 9.53 Å². The zero-order valence-corrected chi connectivity index (χ0v) is 15.0. The zero-order chi connectivity index (χ0) is 17.9. The lowest BCUT2D eigenvalue weighted by molar-refractivity contribution is -0.139. The number of rotatable bonds is 3. The number of hydrogen-bond donors (Lipinski definition) is 0. The molecule has 138 valence electrons. The van der Waals surface area contributed by atoms with Crippen LogP contribution in [0.4, 0.5) is 5.82 Å². The molecule has 0 spiro atoms. The van der Waals surface area contributed by atoms with E-state index in [1.165, 1.54) is 0 Å². The standard InChI is InChI=1S/C18H24N6O2/c1-14-6-8-24(21-14)17-5-4-16(19-20-17)23-7-2-3-15(13-23)18(25)22-9-11-26-12-10-22/h4-6,8,15H,2-3,7,9-13H2,1H3. The molecule has 0 bridgehead atoms. The second-order valence-electron chi connectivity index (χ2n) is 6.87. The van der Waals surface area contributed by atoms with Gasteiger partial charge in [0.2, 0.25) is 5.91 Å². The Balaban J connectivity index is 1.43. The molecule has 4 rings (SSSR count). The van der Waals surface area contributed by atoms with Gasteiger partial charge in [-0.15, -0.1) is 10.2 Å². The Kier molecular flexibility index (Phi) is 4.83. The number of ether oxygens (including phenoxy) is 1. The molecule has 2 saturated heterocycles. The summed E-state index contributed by atoms with van der Waals surface area (Å²) < 4.78 is 7.06. The number of aryl methyl sites for hydroxylation is 1. The first-order chi connectivity index (χ1) is 12.7. The van der Waals surface area contributed by atoms with E-state index >= 15 is 0 Å². The molecule has 1 amide bonds. The summed E-state index contributed by atoms with van der Waals surface area (Å²) in [6.45, 7) is 6.23. The van der Waals surface area contributed by atoms with Crippen LogP contribution in [0.25, 0.3) is 5.82 Å². The Labute approximate surface area is 152 Å². The number of anilines is 1. The van der Waals surface area contributed by atoms with Crippen molar-refractivity contribution in [2.45, 2.75) is 19.8 Å². The van der Waals surface area contributed by atoms with Gasteiger partial charge in [0.05, 0.1) is 24.8 Å². The third-order valence-electron chi connectivity index (χ3n) is 5.01. The summed E-state index contributed by atoms with van der Waals surface area (Å²) in [6, 6.07) is 5.81. The van der Waals surface area contributed by atoms with Gasteiger partial charge in [-0.25, -0.2) is 4.68 Å². The molecule has 0 N–H and O–H groups in total. The molecule has 8 heteroatoms. The van der Waals surface area contributed by atoms with E-state index in [4.69, 9.17) is 4.74 Å². The van der Waals surface area contributed by atoms with Gasteiger partial charge in [0.25, 0.3) is 0 Å². The molecule has 0 radical (unpaired) electrons. The lowest BCUT2D eigenvalue weighted by atomic mass is 9.96. The summed E-state index contributed by atoms with van der Waals surface area (Å²) in [5.41, 5.74) is 0.941. The van der Waals surface area contributed by atoms with Crippen molar-refractivity contribution < 1.29 is 9.53 Å². The lowest BCUT2D eigenvalue weighted by Crippen LogP contribution is -2.48. The molecule has 2 aliphatic rings. The van der Waals surface area contributed by atoms with Crippen molar-refractivity contribution in [3.05, 3.63) is 30.1 Å². The van der Waals surface area contributed by atoms with E-state index in [-0.39, 0.29) is 11.8 Å². The van der Waals surface area contributed by atoms with E-state index in [9.17, 15) is 4.79 Å². The normalized spacial score (nSPS) is 21.0. The van der Waals surface area contributed by atoms with Gasteiger partial charge in [0, 0.05) is 32.4 Å². The number of piperidine rings is 1. The first-order valence-corrected chi connectivity index (χ1v) is 9.18. The molecule has 2 aliphatic heterocycles. The highest BCUT2D eigenvalue weighted by molar-refractivity contribution is 5.79. The first-order valence-electron chi connectivity index (χ1n) is 9.18. The van der Waals surface area contributed by atoms with E-state index < -0.39 is 0 Å². The zero-order valence-electron chi connectivity index (χ0n) is 15.0. The van der Waals surface area contributed by atoms with Gasteiger partial charge >= 0.3 is 0 Å². The predicted molar refractivity (Wildman–Crippen MR) is 96.2 cm³/mol. The molecule has 0 saturated carbocycles. The maximum Gasteiger partial charge on any atom is 0.227 e. The van der Waals surface area contributed by atoms with Crippen molar-refractivity contribution in [3.8, 4) is 5.82 Å². The summed E-state index contributed by atoms with van der Waals surface area (Å²) in [6.07, 6.45) is 3.80. The fraction of sp³-hybridized carbons (Fsp3) is 0.556. The Morgan fingerprint density at radius 1 is 1.12 bits per heavy atom. The second kappa shape index (κ2) is 7.41. The average molecular weight is 356 g/mol. The highest BCUT2D eigenvalue weighted by Crippen LogP contribution is 2.23. The van der Waals surface area contributed by atoms with E-state index in [1.54, 1.807) is 4.68 Å². The maximum atomic E-state index is 12.8. The number of morpholine rings is 1. The van der Waals surface area contributed by atoms with Gasteiger partial charge < -0.3 is 14.5 Å². The van der Waals surface area contributed by atoms with Crippen LogP contribution in [0.5, 0.6) is 0 Å². The smallest absolute Gasteiger partial charge is 0.227 e. The third-order valence-corrected chi connectivity index (χ3v) is 5.01. The number of hydrogen-bond acceptors (Lipinski definition) is 6. The van der Waals surface area contributed by atoms with Crippen LogP contribution in [-0.4, -0.2) is 70.2 Å². The van der Waals surface area contributed by atoms with E-state index in [2.05, 4.69) is 20.2 Å². The molecular formula is C18H24N6O2. The Morgan fingerprint density at radius 3 is 2.58 bits per heavy atom. The van der Waals surface area contributed by atoms with Gasteiger partial charge in [0.1, 0.15) is 0 Å². The fourth-order valence-electron chi connectivity index (χ4n) is 3.58. The Hall–Kier alpha value is -2.48. The average Bonchev–Trinajstić information content (AvgIpc) is 3.15. The van der Waals surface area contributed by atoms with Crippen LogP contribution < -0.4 is 4.90 Å². The van der Waals surface area contributed by atoms with Crippen molar-refractivity contribution in [1.82, 2.24) is 24.9 Å². The molecule has 2 aromatic heterocycles. The molecular weight excluding hydrogens is 332 g/mol. The number of nitrogens with zero attached hydrogens (tertiary/aromatic N) is 6. The van der Waals surface area contributed by atoms with Crippen LogP contribution in [0, 0.1) is 12.8 Å². The molecule has 1 unspecified atom stereocenters. The van der Waals surface area contributed by atoms with Crippen molar-refractivity contribution in [2.75, 3.05) is 44.3 Å². The van der Waals surface area contributed by atoms with Crippen LogP contribution in [0.3, 0.4) is 0 Å². The highest BCUT2D eigenvalue weighted by Gasteiger charge is 2.30. The minimum atomic E-state index is 0.0251. The van der Waals surface area contributed by atoms with Gasteiger partial charge in [0.15, 0.2) is 11.6 Å². The number of amides is 1. The molecule has 2 fully saturated rings. The van der Waals surface area contributed by atoms with Crippen molar-refractivity contribution in [2.24, 2.45) is 5.92 Å². The topological polar surface area (TPSA) is 76.4 Å². The molecule has 8 nitrogen and oxygen atoms in total. The third kappa shape index (κ3) is 3.55. The minimum absolute atomic E-state index is 0.0251. The van der Waals surface area contributed by atoms with Crippen LogP contribution in [0.15, 0.2) is 24.4 Å². The van der Waals surface area contributed by atoms with Crippen molar-refractivity contribution in [3.63, 3.8) is 0 Å². The first kappa shape index (κ1) is 17.0. The highest BCUT2D eigenvalue weighted by atomic mass is 16.5. The predicted octanol–water partition coefficient (Wildman–Crippen LogP) is 1.05. The molecule has 26 heavy (non-hydrogen) atoms.